The predicted molar refractivity (Wildman–Crippen MR) is 126 cm³/mol. The van der Waals surface area contributed by atoms with Crippen LogP contribution < -0.4 is 15.5 Å². The summed E-state index contributed by atoms with van der Waals surface area (Å²) < 4.78 is 5.28. The fraction of sp³-hybridized carbons (Fsp3) is 0.640. The van der Waals surface area contributed by atoms with E-state index in [1.54, 1.807) is 19.1 Å². The minimum Gasteiger partial charge on any atom is -0.480 e. The lowest BCUT2D eigenvalue weighted by Gasteiger charge is -2.27. The van der Waals surface area contributed by atoms with E-state index in [4.69, 9.17) is 4.74 Å². The maximum absolute atomic E-state index is 13.3. The van der Waals surface area contributed by atoms with Crippen LogP contribution >= 0.6 is 0 Å². The second kappa shape index (κ2) is 12.7. The van der Waals surface area contributed by atoms with Crippen molar-refractivity contribution in [2.45, 2.75) is 70.4 Å². The van der Waals surface area contributed by atoms with Crippen molar-refractivity contribution in [2.75, 3.05) is 31.1 Å². The smallest absolute Gasteiger partial charge is 0.323 e. The first kappa shape index (κ1) is 25.2. The van der Waals surface area contributed by atoms with Crippen molar-refractivity contribution in [1.29, 1.82) is 0 Å². The number of fused-ring (bicyclic) bond motifs is 1. The number of carbonyl (C=O) groups is 3. The first-order valence-electron chi connectivity index (χ1n) is 12.2. The molecule has 2 aliphatic rings. The van der Waals surface area contributed by atoms with Crippen LogP contribution in [0.15, 0.2) is 24.3 Å². The minimum absolute atomic E-state index is 0.279. The number of rotatable bonds is 11. The highest BCUT2D eigenvalue weighted by atomic mass is 16.5. The van der Waals surface area contributed by atoms with Crippen molar-refractivity contribution in [3.05, 3.63) is 29.8 Å². The van der Waals surface area contributed by atoms with E-state index in [1.807, 2.05) is 12.1 Å². The summed E-state index contributed by atoms with van der Waals surface area (Å²) in [5, 5.41) is 16.0. The molecule has 1 aromatic carbocycles. The molecule has 0 spiro atoms. The standard InChI is InChI=1S/C25H37N3O5/c1-2-33-25(32)21(9-5-3-7-18-13-15-26-16-14-18)27-20-12-11-19-8-4-6-10-22(19)28(24(20)31)17-23(29)30/h4,6,8,10,18,20-21,26-27H,2-3,5,7,9,11-17H2,1H3,(H,29,30)/t20-,21-/m0/s1. The summed E-state index contributed by atoms with van der Waals surface area (Å²) in [5.74, 6) is -0.990. The van der Waals surface area contributed by atoms with Gasteiger partial charge in [-0.2, -0.15) is 0 Å². The molecule has 0 aromatic heterocycles. The number of hydrogen-bond donors (Lipinski definition) is 3. The molecule has 0 unspecified atom stereocenters. The topological polar surface area (TPSA) is 108 Å². The number of nitrogens with zero attached hydrogens (tertiary/aromatic N) is 1. The normalized spacial score (nSPS) is 20.1. The first-order valence-corrected chi connectivity index (χ1v) is 12.2. The van der Waals surface area contributed by atoms with Gasteiger partial charge in [-0.3, -0.25) is 24.6 Å². The van der Waals surface area contributed by atoms with Crippen LogP contribution in [0.1, 0.15) is 57.4 Å². The Morgan fingerprint density at radius 1 is 1.21 bits per heavy atom. The van der Waals surface area contributed by atoms with Gasteiger partial charge in [0, 0.05) is 5.69 Å². The Bertz CT molecular complexity index is 809. The van der Waals surface area contributed by atoms with Crippen LogP contribution in [0, 0.1) is 5.92 Å². The fourth-order valence-corrected chi connectivity index (χ4v) is 4.88. The van der Waals surface area contributed by atoms with Crippen molar-refractivity contribution in [3.8, 4) is 0 Å². The zero-order valence-electron chi connectivity index (χ0n) is 19.6. The molecule has 2 aliphatic heterocycles. The maximum Gasteiger partial charge on any atom is 0.323 e. The highest BCUT2D eigenvalue weighted by molar-refractivity contribution is 6.02. The molecule has 33 heavy (non-hydrogen) atoms. The molecule has 1 fully saturated rings. The summed E-state index contributed by atoms with van der Waals surface area (Å²) in [6.45, 7) is 3.80. The molecule has 3 N–H and O–H groups in total. The largest absolute Gasteiger partial charge is 0.480 e. The molecule has 0 radical (unpaired) electrons. The van der Waals surface area contributed by atoms with E-state index in [2.05, 4.69) is 10.6 Å². The fourth-order valence-electron chi connectivity index (χ4n) is 4.88. The molecule has 0 aliphatic carbocycles. The van der Waals surface area contributed by atoms with E-state index in [0.29, 0.717) is 24.9 Å². The van der Waals surface area contributed by atoms with Gasteiger partial charge in [-0.1, -0.05) is 37.5 Å². The number of para-hydroxylation sites is 1. The second-order valence-corrected chi connectivity index (χ2v) is 8.99. The number of piperidine rings is 1. The minimum atomic E-state index is -1.07. The summed E-state index contributed by atoms with van der Waals surface area (Å²) in [6, 6.07) is 6.17. The maximum atomic E-state index is 13.3. The molecule has 182 valence electrons. The number of carbonyl (C=O) groups excluding carboxylic acids is 2. The number of ether oxygens (including phenoxy) is 1. The zero-order chi connectivity index (χ0) is 23.6. The van der Waals surface area contributed by atoms with E-state index in [9.17, 15) is 19.5 Å². The number of carboxylic acids is 1. The first-order chi connectivity index (χ1) is 16.0. The molecule has 1 amide bonds. The average molecular weight is 460 g/mol. The number of anilines is 1. The lowest BCUT2D eigenvalue weighted by Crippen LogP contribution is -2.53. The van der Waals surface area contributed by atoms with Crippen LogP contribution in [0.4, 0.5) is 5.69 Å². The van der Waals surface area contributed by atoms with E-state index in [1.165, 1.54) is 17.7 Å². The Labute approximate surface area is 196 Å². The van der Waals surface area contributed by atoms with Crippen LogP contribution in [0.3, 0.4) is 0 Å². The van der Waals surface area contributed by atoms with Crippen LogP contribution in [0.2, 0.25) is 0 Å². The molecule has 0 bridgehead atoms. The molecule has 0 saturated carbocycles. The van der Waals surface area contributed by atoms with Gasteiger partial charge in [-0.15, -0.1) is 0 Å². The van der Waals surface area contributed by atoms with E-state index in [-0.39, 0.29) is 18.5 Å². The SMILES string of the molecule is CCOC(=O)[C@H](CCCCC1CCNCC1)N[C@H]1CCc2ccccc2N(CC(=O)O)C1=O. The number of esters is 1. The zero-order valence-corrected chi connectivity index (χ0v) is 19.6. The highest BCUT2D eigenvalue weighted by Crippen LogP contribution is 2.27. The predicted octanol–water partition coefficient (Wildman–Crippen LogP) is 2.50. The molecule has 2 atom stereocenters. The molecule has 1 saturated heterocycles. The third-order valence-corrected chi connectivity index (χ3v) is 6.63. The Kier molecular flexibility index (Phi) is 9.69. The van der Waals surface area contributed by atoms with Gasteiger partial charge in [0.05, 0.1) is 12.6 Å². The lowest BCUT2D eigenvalue weighted by molar-refractivity contribution is -0.146. The third-order valence-electron chi connectivity index (χ3n) is 6.63. The molecule has 8 nitrogen and oxygen atoms in total. The average Bonchev–Trinajstić information content (AvgIpc) is 2.93. The summed E-state index contributed by atoms with van der Waals surface area (Å²) in [5.41, 5.74) is 1.56. The van der Waals surface area contributed by atoms with Crippen molar-refractivity contribution >= 4 is 23.5 Å². The van der Waals surface area contributed by atoms with Crippen molar-refractivity contribution in [3.63, 3.8) is 0 Å². The number of unbranched alkanes of at least 4 members (excludes halogenated alkanes) is 1. The van der Waals surface area contributed by atoms with E-state index < -0.39 is 24.6 Å². The molecular formula is C25H37N3O5. The van der Waals surface area contributed by atoms with Gasteiger partial charge < -0.3 is 15.2 Å². The van der Waals surface area contributed by atoms with Crippen LogP contribution in [0.25, 0.3) is 0 Å². The van der Waals surface area contributed by atoms with E-state index >= 15 is 0 Å². The highest BCUT2D eigenvalue weighted by Gasteiger charge is 2.34. The van der Waals surface area contributed by atoms with Crippen molar-refractivity contribution < 1.29 is 24.2 Å². The molecule has 2 heterocycles. The van der Waals surface area contributed by atoms with Gasteiger partial charge in [0.1, 0.15) is 12.6 Å². The molecule has 3 rings (SSSR count). The number of nitrogens with one attached hydrogen (secondary N) is 2. The van der Waals surface area contributed by atoms with Gasteiger partial charge in [-0.25, -0.2) is 0 Å². The summed E-state index contributed by atoms with van der Waals surface area (Å²) in [4.78, 5) is 38.8. The molecule has 8 heteroatoms. The molecular weight excluding hydrogens is 422 g/mol. The number of aryl methyl sites for hydroxylation is 1. The summed E-state index contributed by atoms with van der Waals surface area (Å²) >= 11 is 0. The third kappa shape index (κ3) is 7.27. The van der Waals surface area contributed by atoms with Gasteiger partial charge >= 0.3 is 11.9 Å². The Balaban J connectivity index is 1.65. The quantitative estimate of drug-likeness (QED) is 0.345. The number of aliphatic carboxylic acids is 1. The van der Waals surface area contributed by atoms with Gasteiger partial charge in [0.2, 0.25) is 5.91 Å². The van der Waals surface area contributed by atoms with Gasteiger partial charge in [0.25, 0.3) is 0 Å². The number of hydrogen-bond acceptors (Lipinski definition) is 6. The second-order valence-electron chi connectivity index (χ2n) is 8.99. The Morgan fingerprint density at radius 2 is 1.97 bits per heavy atom. The van der Waals surface area contributed by atoms with Gasteiger partial charge in [0.15, 0.2) is 0 Å². The Hall–Kier alpha value is -2.45. The number of carboxylic acid groups (broad SMARTS) is 1. The lowest BCUT2D eigenvalue weighted by atomic mass is 9.91. The van der Waals surface area contributed by atoms with Gasteiger partial charge in [-0.05, 0) is 69.7 Å². The monoisotopic (exact) mass is 459 g/mol. The van der Waals surface area contributed by atoms with Crippen LogP contribution in [0.5, 0.6) is 0 Å². The number of benzene rings is 1. The van der Waals surface area contributed by atoms with Crippen molar-refractivity contribution in [2.24, 2.45) is 5.92 Å². The van der Waals surface area contributed by atoms with Crippen molar-refractivity contribution in [1.82, 2.24) is 10.6 Å². The summed E-state index contributed by atoms with van der Waals surface area (Å²) in [7, 11) is 0. The molecule has 1 aromatic rings. The van der Waals surface area contributed by atoms with Crippen LogP contribution in [-0.4, -0.2) is 61.3 Å². The van der Waals surface area contributed by atoms with E-state index in [0.717, 1.165) is 43.8 Å². The van der Waals surface area contributed by atoms with Crippen LogP contribution in [-0.2, 0) is 25.5 Å². The summed E-state index contributed by atoms with van der Waals surface area (Å²) in [6.07, 6.45) is 7.20. The number of amides is 1. The Morgan fingerprint density at radius 3 is 2.70 bits per heavy atom.